The van der Waals surface area contributed by atoms with E-state index in [9.17, 15) is 9.59 Å². The number of benzene rings is 1. The largest absolute Gasteiger partial charge is 0.463 e. The molecule has 21 heavy (non-hydrogen) atoms. The third-order valence-electron chi connectivity index (χ3n) is 2.72. The summed E-state index contributed by atoms with van der Waals surface area (Å²) in [7, 11) is 0. The molecule has 0 bridgehead atoms. The average molecular weight is 281 g/mol. The van der Waals surface area contributed by atoms with Crippen LogP contribution in [0, 0.1) is 0 Å². The van der Waals surface area contributed by atoms with E-state index in [0.717, 1.165) is 0 Å². The van der Waals surface area contributed by atoms with Crippen LogP contribution in [0.4, 0.5) is 0 Å². The zero-order valence-corrected chi connectivity index (χ0v) is 11.7. The second-order valence-electron chi connectivity index (χ2n) is 4.23. The van der Waals surface area contributed by atoms with Crippen molar-refractivity contribution in [1.82, 2.24) is 4.98 Å². The summed E-state index contributed by atoms with van der Waals surface area (Å²) in [6.45, 7) is 2.06. The molecule has 0 atom stereocenters. The van der Waals surface area contributed by atoms with E-state index in [1.165, 1.54) is 12.2 Å². The summed E-state index contributed by atoms with van der Waals surface area (Å²) in [5.74, 6) is -0.582. The van der Waals surface area contributed by atoms with E-state index < -0.39 is 5.97 Å². The van der Waals surface area contributed by atoms with Crippen molar-refractivity contribution in [1.29, 1.82) is 0 Å². The van der Waals surface area contributed by atoms with E-state index in [-0.39, 0.29) is 5.78 Å². The third-order valence-corrected chi connectivity index (χ3v) is 2.72. The maximum Gasteiger partial charge on any atom is 0.330 e. The monoisotopic (exact) mass is 281 g/mol. The minimum absolute atomic E-state index is 0.151. The Hall–Kier alpha value is -2.75. The molecule has 0 aliphatic heterocycles. The third kappa shape index (κ3) is 4.11. The fourth-order valence-corrected chi connectivity index (χ4v) is 1.75. The van der Waals surface area contributed by atoms with Crippen LogP contribution in [0.25, 0.3) is 6.08 Å². The van der Waals surface area contributed by atoms with Crippen molar-refractivity contribution in [2.75, 3.05) is 6.61 Å². The molecule has 1 aromatic heterocycles. The predicted octanol–water partition coefficient (Wildman–Crippen LogP) is 2.89. The number of esters is 1. The van der Waals surface area contributed by atoms with Gasteiger partial charge in [0.15, 0.2) is 0 Å². The quantitative estimate of drug-likeness (QED) is 0.480. The Balaban J connectivity index is 2.18. The summed E-state index contributed by atoms with van der Waals surface area (Å²) < 4.78 is 4.79. The summed E-state index contributed by atoms with van der Waals surface area (Å²) in [4.78, 5) is 27.8. The molecule has 4 heteroatoms. The molecule has 0 fully saturated rings. The van der Waals surface area contributed by atoms with Crippen LogP contribution in [0.3, 0.4) is 0 Å². The van der Waals surface area contributed by atoms with Gasteiger partial charge in [-0.3, -0.25) is 4.79 Å². The first-order valence-corrected chi connectivity index (χ1v) is 6.62. The number of hydrogen-bond acceptors (Lipinski definition) is 4. The highest BCUT2D eigenvalue weighted by Gasteiger charge is 2.09. The Morgan fingerprint density at radius 2 is 1.86 bits per heavy atom. The number of carbonyl (C=O) groups is 2. The van der Waals surface area contributed by atoms with E-state index in [0.29, 0.717) is 23.6 Å². The molecule has 2 aromatic rings. The Morgan fingerprint density at radius 3 is 2.57 bits per heavy atom. The molecule has 1 aromatic carbocycles. The second-order valence-corrected chi connectivity index (χ2v) is 4.23. The lowest BCUT2D eigenvalue weighted by Gasteiger charge is -2.01. The van der Waals surface area contributed by atoms with Crippen molar-refractivity contribution in [2.45, 2.75) is 6.92 Å². The van der Waals surface area contributed by atoms with Crippen molar-refractivity contribution in [3.8, 4) is 0 Å². The van der Waals surface area contributed by atoms with Crippen LogP contribution >= 0.6 is 0 Å². The number of nitrogens with zero attached hydrogens (tertiary/aromatic N) is 1. The zero-order valence-electron chi connectivity index (χ0n) is 11.7. The van der Waals surface area contributed by atoms with Crippen molar-refractivity contribution < 1.29 is 14.3 Å². The minimum Gasteiger partial charge on any atom is -0.463 e. The Labute approximate surface area is 123 Å². The highest BCUT2D eigenvalue weighted by Crippen LogP contribution is 2.09. The number of ketones is 1. The molecule has 0 spiro atoms. The Morgan fingerprint density at radius 1 is 1.10 bits per heavy atom. The van der Waals surface area contributed by atoms with Crippen LogP contribution in [0.1, 0.15) is 28.7 Å². The highest BCUT2D eigenvalue weighted by molar-refractivity contribution is 6.07. The van der Waals surface area contributed by atoms with E-state index in [2.05, 4.69) is 4.98 Å². The minimum atomic E-state index is -0.431. The van der Waals surface area contributed by atoms with Gasteiger partial charge in [-0.2, -0.15) is 0 Å². The summed E-state index contributed by atoms with van der Waals surface area (Å²) in [5, 5.41) is 0. The molecular weight excluding hydrogens is 266 g/mol. The zero-order chi connectivity index (χ0) is 15.1. The summed E-state index contributed by atoms with van der Waals surface area (Å²) in [6, 6.07) is 14.0. The summed E-state index contributed by atoms with van der Waals surface area (Å²) >= 11 is 0. The lowest BCUT2D eigenvalue weighted by atomic mass is 10.1. The van der Waals surface area contributed by atoms with Crippen LogP contribution in [-0.4, -0.2) is 23.3 Å². The molecule has 0 radical (unpaired) electrons. The maximum absolute atomic E-state index is 12.3. The van der Waals surface area contributed by atoms with Gasteiger partial charge in [-0.05, 0) is 25.1 Å². The average Bonchev–Trinajstić information content (AvgIpc) is 2.54. The van der Waals surface area contributed by atoms with Crippen LogP contribution < -0.4 is 0 Å². The number of ether oxygens (including phenoxy) is 1. The SMILES string of the molecule is CCOC(=O)C=Cc1cccc(C(=O)c2ccccc2)n1. The molecule has 0 aliphatic rings. The molecule has 106 valence electrons. The topological polar surface area (TPSA) is 56.3 Å². The van der Waals surface area contributed by atoms with Gasteiger partial charge < -0.3 is 4.74 Å². The number of pyridine rings is 1. The standard InChI is InChI=1S/C17H15NO3/c1-2-21-16(19)12-11-14-9-6-10-15(18-14)17(20)13-7-4-3-5-8-13/h3-12H,2H2,1H3. The van der Waals surface area contributed by atoms with Crippen LogP contribution in [0.2, 0.25) is 0 Å². The molecule has 0 amide bonds. The normalized spacial score (nSPS) is 10.5. The van der Waals surface area contributed by atoms with Crippen LogP contribution in [0.15, 0.2) is 54.6 Å². The van der Waals surface area contributed by atoms with Gasteiger partial charge in [0.05, 0.1) is 12.3 Å². The van der Waals surface area contributed by atoms with Crippen LogP contribution in [0.5, 0.6) is 0 Å². The first-order chi connectivity index (χ1) is 10.2. The Bertz CT molecular complexity index is 663. The summed E-state index contributed by atoms with van der Waals surface area (Å²) in [6.07, 6.45) is 2.82. The van der Waals surface area contributed by atoms with Gasteiger partial charge >= 0.3 is 5.97 Å². The molecule has 2 rings (SSSR count). The number of rotatable bonds is 5. The van der Waals surface area contributed by atoms with E-state index >= 15 is 0 Å². The second kappa shape index (κ2) is 7.14. The smallest absolute Gasteiger partial charge is 0.330 e. The molecule has 0 aliphatic carbocycles. The molecule has 0 N–H and O–H groups in total. The van der Waals surface area contributed by atoms with Gasteiger partial charge in [0.2, 0.25) is 5.78 Å². The molecule has 1 heterocycles. The lowest BCUT2D eigenvalue weighted by Crippen LogP contribution is -2.04. The maximum atomic E-state index is 12.3. The van der Waals surface area contributed by atoms with Gasteiger partial charge in [0.25, 0.3) is 0 Å². The van der Waals surface area contributed by atoms with Gasteiger partial charge in [-0.25, -0.2) is 9.78 Å². The fourth-order valence-electron chi connectivity index (χ4n) is 1.75. The van der Waals surface area contributed by atoms with Gasteiger partial charge in [0, 0.05) is 11.6 Å². The summed E-state index contributed by atoms with van der Waals surface area (Å²) in [5.41, 5.74) is 1.45. The van der Waals surface area contributed by atoms with Crippen molar-refractivity contribution in [2.24, 2.45) is 0 Å². The first kappa shape index (κ1) is 14.7. The van der Waals surface area contributed by atoms with Crippen LogP contribution in [-0.2, 0) is 9.53 Å². The molecule has 4 nitrogen and oxygen atoms in total. The van der Waals surface area contributed by atoms with Crippen molar-refractivity contribution >= 4 is 17.8 Å². The van der Waals surface area contributed by atoms with E-state index in [1.54, 1.807) is 49.4 Å². The van der Waals surface area contributed by atoms with Gasteiger partial charge in [-0.15, -0.1) is 0 Å². The molecule has 0 unspecified atom stereocenters. The van der Waals surface area contributed by atoms with Crippen molar-refractivity contribution in [3.63, 3.8) is 0 Å². The van der Waals surface area contributed by atoms with E-state index in [1.807, 2.05) is 6.07 Å². The number of hydrogen-bond donors (Lipinski definition) is 0. The van der Waals surface area contributed by atoms with Gasteiger partial charge in [0.1, 0.15) is 5.69 Å². The first-order valence-electron chi connectivity index (χ1n) is 6.62. The van der Waals surface area contributed by atoms with Gasteiger partial charge in [-0.1, -0.05) is 36.4 Å². The Kier molecular flexibility index (Phi) is 4.99. The number of carbonyl (C=O) groups excluding carboxylic acids is 2. The predicted molar refractivity (Wildman–Crippen MR) is 79.8 cm³/mol. The molecule has 0 saturated heterocycles. The van der Waals surface area contributed by atoms with Crippen molar-refractivity contribution in [3.05, 3.63) is 71.6 Å². The number of aromatic nitrogens is 1. The highest BCUT2D eigenvalue weighted by atomic mass is 16.5. The van der Waals surface area contributed by atoms with E-state index in [4.69, 9.17) is 4.74 Å². The molecular formula is C17H15NO3. The molecule has 0 saturated carbocycles. The fraction of sp³-hybridized carbons (Fsp3) is 0.118. The lowest BCUT2D eigenvalue weighted by molar-refractivity contribution is -0.137.